The largest absolute Gasteiger partial charge is 0.340 e. The highest BCUT2D eigenvalue weighted by atomic mass is 16.2. The lowest BCUT2D eigenvalue weighted by molar-refractivity contribution is -0.165. The Morgan fingerprint density at radius 3 is 2.19 bits per heavy atom. The predicted octanol–water partition coefficient (Wildman–Crippen LogP) is 2.44. The summed E-state index contributed by atoms with van der Waals surface area (Å²) in [6.45, 7) is 9.45. The van der Waals surface area contributed by atoms with E-state index in [0.29, 0.717) is 6.42 Å². The van der Waals surface area contributed by atoms with Gasteiger partial charge in [0, 0.05) is 6.04 Å². The maximum atomic E-state index is 13.0. The molecule has 1 aromatic carbocycles. The van der Waals surface area contributed by atoms with Gasteiger partial charge in [-0.3, -0.25) is 9.59 Å². The minimum absolute atomic E-state index is 0.0223. The van der Waals surface area contributed by atoms with E-state index in [1.54, 1.807) is 11.8 Å². The third kappa shape index (κ3) is 2.23. The number of hydrogen-bond donors (Lipinski definition) is 1. The Hall–Kier alpha value is -1.84. The van der Waals surface area contributed by atoms with Crippen molar-refractivity contribution in [2.75, 3.05) is 0 Å². The van der Waals surface area contributed by atoms with Crippen molar-refractivity contribution in [3.05, 3.63) is 35.9 Å². The van der Waals surface area contributed by atoms with E-state index < -0.39 is 11.1 Å². The van der Waals surface area contributed by atoms with Crippen molar-refractivity contribution in [2.24, 2.45) is 0 Å². The lowest BCUT2D eigenvalue weighted by atomic mass is 9.80. The third-order valence-electron chi connectivity index (χ3n) is 4.56. The summed E-state index contributed by atoms with van der Waals surface area (Å²) in [5.41, 5.74) is -0.959. The topological polar surface area (TPSA) is 49.4 Å². The van der Waals surface area contributed by atoms with Gasteiger partial charge < -0.3 is 10.2 Å². The fourth-order valence-electron chi connectivity index (χ4n) is 3.03. The zero-order valence-electron chi connectivity index (χ0n) is 13.4. The van der Waals surface area contributed by atoms with Gasteiger partial charge in [0.15, 0.2) is 0 Å². The van der Waals surface area contributed by atoms with Crippen molar-refractivity contribution in [3.63, 3.8) is 0 Å². The highest BCUT2D eigenvalue weighted by Crippen LogP contribution is 2.37. The number of amides is 2. The second kappa shape index (κ2) is 5.17. The van der Waals surface area contributed by atoms with Crippen LogP contribution in [0.15, 0.2) is 30.3 Å². The van der Waals surface area contributed by atoms with Crippen molar-refractivity contribution in [3.8, 4) is 0 Å². The molecule has 2 amide bonds. The van der Waals surface area contributed by atoms with Crippen LogP contribution in [0.4, 0.5) is 0 Å². The summed E-state index contributed by atoms with van der Waals surface area (Å²) in [4.78, 5) is 27.5. The number of hydrogen-bond acceptors (Lipinski definition) is 2. The summed E-state index contributed by atoms with van der Waals surface area (Å²) >= 11 is 0. The van der Waals surface area contributed by atoms with Crippen LogP contribution in [0.1, 0.15) is 46.6 Å². The van der Waals surface area contributed by atoms with E-state index in [-0.39, 0.29) is 17.9 Å². The van der Waals surface area contributed by atoms with Gasteiger partial charge in [-0.25, -0.2) is 0 Å². The molecular formula is C17H24N2O2. The molecule has 1 heterocycles. The van der Waals surface area contributed by atoms with E-state index in [1.165, 1.54) is 0 Å². The summed E-state index contributed by atoms with van der Waals surface area (Å²) in [6.07, 6.45) is 0.575. The smallest absolute Gasteiger partial charge is 0.251 e. The predicted molar refractivity (Wildman–Crippen MR) is 82.6 cm³/mol. The van der Waals surface area contributed by atoms with E-state index in [4.69, 9.17) is 0 Å². The molecule has 114 valence electrons. The maximum Gasteiger partial charge on any atom is 0.251 e. The monoisotopic (exact) mass is 288 g/mol. The molecule has 2 unspecified atom stereocenters. The number of nitrogens with one attached hydrogen (secondary N) is 1. The Labute approximate surface area is 126 Å². The highest BCUT2D eigenvalue weighted by molar-refractivity contribution is 6.02. The van der Waals surface area contributed by atoms with E-state index in [9.17, 15) is 9.59 Å². The normalized spacial score (nSPS) is 29.7. The van der Waals surface area contributed by atoms with E-state index in [0.717, 1.165) is 5.56 Å². The quantitative estimate of drug-likeness (QED) is 0.928. The Morgan fingerprint density at radius 2 is 1.71 bits per heavy atom. The molecule has 1 N–H and O–H groups in total. The van der Waals surface area contributed by atoms with Crippen molar-refractivity contribution in [1.29, 1.82) is 0 Å². The molecule has 0 spiro atoms. The van der Waals surface area contributed by atoms with E-state index in [2.05, 4.69) is 5.32 Å². The fourth-order valence-corrected chi connectivity index (χ4v) is 3.03. The fraction of sp³-hybridized carbons (Fsp3) is 0.529. The van der Waals surface area contributed by atoms with Crippen LogP contribution < -0.4 is 5.32 Å². The van der Waals surface area contributed by atoms with Crippen LogP contribution in [-0.4, -0.2) is 28.3 Å². The Bertz CT molecular complexity index is 555. The summed E-state index contributed by atoms with van der Waals surface area (Å²) in [7, 11) is 0. The maximum absolute atomic E-state index is 13.0. The molecule has 1 saturated heterocycles. The van der Waals surface area contributed by atoms with Crippen molar-refractivity contribution < 1.29 is 9.59 Å². The number of rotatable bonds is 3. The summed E-state index contributed by atoms with van der Waals surface area (Å²) in [6, 6.07) is 9.44. The average Bonchev–Trinajstić information content (AvgIpc) is 2.46. The molecule has 21 heavy (non-hydrogen) atoms. The number of carbonyl (C=O) groups is 2. The first-order valence-corrected chi connectivity index (χ1v) is 7.49. The van der Waals surface area contributed by atoms with Gasteiger partial charge in [0.05, 0.1) is 0 Å². The molecule has 0 bridgehead atoms. The SMILES string of the molecule is CCC1(C)NC(=O)C(C)(c2ccccc2)N(C(C)C)C1=O. The molecule has 4 nitrogen and oxygen atoms in total. The Kier molecular flexibility index (Phi) is 3.83. The van der Waals surface area contributed by atoms with Crippen LogP contribution in [0.5, 0.6) is 0 Å². The van der Waals surface area contributed by atoms with Crippen molar-refractivity contribution in [2.45, 2.75) is 58.2 Å². The zero-order valence-corrected chi connectivity index (χ0v) is 13.4. The molecule has 2 rings (SSSR count). The number of piperazine rings is 1. The molecular weight excluding hydrogens is 264 g/mol. The zero-order chi connectivity index (χ0) is 15.8. The molecule has 1 aliphatic heterocycles. The Balaban J connectivity index is 2.60. The number of carbonyl (C=O) groups excluding carboxylic acids is 2. The van der Waals surface area contributed by atoms with Crippen LogP contribution in [0, 0.1) is 0 Å². The number of nitrogens with zero attached hydrogens (tertiary/aromatic N) is 1. The minimum atomic E-state index is -0.971. The van der Waals surface area contributed by atoms with E-state index >= 15 is 0 Å². The second-order valence-corrected chi connectivity index (χ2v) is 6.35. The minimum Gasteiger partial charge on any atom is -0.340 e. The van der Waals surface area contributed by atoms with Crippen molar-refractivity contribution >= 4 is 11.8 Å². The molecule has 0 saturated carbocycles. The molecule has 0 aliphatic carbocycles. The van der Waals surface area contributed by atoms with Gasteiger partial charge in [-0.05, 0) is 39.7 Å². The first kappa shape index (κ1) is 15.5. The molecule has 1 aromatic rings. The van der Waals surface area contributed by atoms with Gasteiger partial charge in [0.1, 0.15) is 11.1 Å². The van der Waals surface area contributed by atoms with Gasteiger partial charge in [0.25, 0.3) is 5.91 Å². The van der Waals surface area contributed by atoms with Crippen molar-refractivity contribution in [1.82, 2.24) is 10.2 Å². The highest BCUT2D eigenvalue weighted by Gasteiger charge is 2.55. The summed E-state index contributed by atoms with van der Waals surface area (Å²) in [5.74, 6) is -0.141. The second-order valence-electron chi connectivity index (χ2n) is 6.35. The van der Waals surface area contributed by atoms with Gasteiger partial charge in [-0.1, -0.05) is 37.3 Å². The van der Waals surface area contributed by atoms with Gasteiger partial charge >= 0.3 is 0 Å². The third-order valence-corrected chi connectivity index (χ3v) is 4.56. The molecule has 1 aliphatic rings. The first-order valence-electron chi connectivity index (χ1n) is 7.49. The molecule has 0 aromatic heterocycles. The summed E-state index contributed by atoms with van der Waals surface area (Å²) < 4.78 is 0. The lowest BCUT2D eigenvalue weighted by Gasteiger charge is -2.52. The van der Waals surface area contributed by atoms with Crippen LogP contribution in [0.25, 0.3) is 0 Å². The average molecular weight is 288 g/mol. The van der Waals surface area contributed by atoms with Gasteiger partial charge in [-0.2, -0.15) is 0 Å². The Morgan fingerprint density at radius 1 is 1.14 bits per heavy atom. The van der Waals surface area contributed by atoms with Crippen LogP contribution >= 0.6 is 0 Å². The number of benzene rings is 1. The van der Waals surface area contributed by atoms with Gasteiger partial charge in [0.2, 0.25) is 5.91 Å². The molecule has 1 fully saturated rings. The molecule has 2 atom stereocenters. The van der Waals surface area contributed by atoms with Gasteiger partial charge in [-0.15, -0.1) is 0 Å². The first-order chi connectivity index (χ1) is 9.77. The van der Waals surface area contributed by atoms with Crippen LogP contribution in [0.3, 0.4) is 0 Å². The summed E-state index contributed by atoms with van der Waals surface area (Å²) in [5, 5.41) is 2.94. The lowest BCUT2D eigenvalue weighted by Crippen LogP contribution is -2.73. The molecule has 0 radical (unpaired) electrons. The standard InChI is InChI=1S/C17H24N2O2/c1-6-16(4)15(21)19(12(2)3)17(5,14(20)18-16)13-10-8-7-9-11-13/h7-12H,6H2,1-5H3,(H,18,20). The van der Waals surface area contributed by atoms with Crippen LogP contribution in [0.2, 0.25) is 0 Å². The van der Waals surface area contributed by atoms with Crippen LogP contribution in [-0.2, 0) is 15.1 Å². The molecule has 4 heteroatoms. The van der Waals surface area contributed by atoms with E-state index in [1.807, 2.05) is 58.0 Å².